The quantitative estimate of drug-likeness (QED) is 0.838. The largest absolute Gasteiger partial charge is 0.378 e. The molecule has 1 saturated heterocycles. The van der Waals surface area contributed by atoms with Gasteiger partial charge in [0, 0.05) is 31.7 Å². The van der Waals surface area contributed by atoms with Crippen LogP contribution in [0.1, 0.15) is 28.9 Å². The van der Waals surface area contributed by atoms with Crippen LogP contribution in [0.5, 0.6) is 0 Å². The molecule has 1 aliphatic rings. The summed E-state index contributed by atoms with van der Waals surface area (Å²) in [5, 5.41) is 10.3. The molecule has 2 atom stereocenters. The fraction of sp³-hybridized carbons (Fsp3) is 0.333. The first-order chi connectivity index (χ1) is 12.6. The van der Waals surface area contributed by atoms with E-state index in [1.165, 1.54) is 0 Å². The molecule has 1 N–H and O–H groups in total. The van der Waals surface area contributed by atoms with E-state index in [2.05, 4.69) is 4.90 Å². The first-order valence-electron chi connectivity index (χ1n) is 8.93. The molecule has 1 aliphatic heterocycles. The minimum absolute atomic E-state index is 0.0923. The highest BCUT2D eigenvalue weighted by Crippen LogP contribution is 2.18. The number of hydrogen-bond donors (Lipinski definition) is 1. The number of hydrogen-bond acceptors (Lipinski definition) is 4. The Morgan fingerprint density at radius 3 is 2.00 bits per heavy atom. The third-order valence-corrected chi connectivity index (χ3v) is 4.96. The maximum absolute atomic E-state index is 12.6. The number of amides is 1. The summed E-state index contributed by atoms with van der Waals surface area (Å²) in [4.78, 5) is 28.9. The third kappa shape index (κ3) is 4.00. The zero-order chi connectivity index (χ0) is 18.5. The monoisotopic (exact) mass is 352 g/mol. The van der Waals surface area contributed by atoms with Crippen molar-refractivity contribution in [3.8, 4) is 0 Å². The van der Waals surface area contributed by atoms with E-state index in [1.807, 2.05) is 43.3 Å². The molecule has 5 heteroatoms. The highest BCUT2D eigenvalue weighted by Gasteiger charge is 2.30. The molecule has 26 heavy (non-hydrogen) atoms. The number of carbonyl (C=O) groups excluding carboxylic acids is 2. The van der Waals surface area contributed by atoms with Gasteiger partial charge in [-0.2, -0.15) is 0 Å². The van der Waals surface area contributed by atoms with Crippen molar-refractivity contribution in [2.75, 3.05) is 26.2 Å². The molecule has 1 amide bonds. The summed E-state index contributed by atoms with van der Waals surface area (Å²) in [6.07, 6.45) is -1.13. The molecule has 0 saturated carbocycles. The topological polar surface area (TPSA) is 60.9 Å². The number of aliphatic hydroxyl groups is 1. The van der Waals surface area contributed by atoms with Crippen LogP contribution in [-0.4, -0.2) is 58.8 Å². The van der Waals surface area contributed by atoms with Crippen LogP contribution in [0.2, 0.25) is 0 Å². The summed E-state index contributed by atoms with van der Waals surface area (Å²) >= 11 is 0. The first kappa shape index (κ1) is 18.3. The number of nitrogens with zero attached hydrogens (tertiary/aromatic N) is 2. The van der Waals surface area contributed by atoms with E-state index in [9.17, 15) is 14.7 Å². The van der Waals surface area contributed by atoms with E-state index in [4.69, 9.17) is 0 Å². The van der Waals surface area contributed by atoms with E-state index in [0.29, 0.717) is 37.3 Å². The number of aliphatic hydroxyl groups excluding tert-OH is 1. The maximum Gasteiger partial charge on any atom is 0.256 e. The fourth-order valence-corrected chi connectivity index (χ4v) is 3.29. The second-order valence-corrected chi connectivity index (χ2v) is 6.58. The van der Waals surface area contributed by atoms with Crippen molar-refractivity contribution in [2.45, 2.75) is 19.1 Å². The van der Waals surface area contributed by atoms with Crippen LogP contribution in [0.3, 0.4) is 0 Å². The molecule has 0 aliphatic carbocycles. The van der Waals surface area contributed by atoms with Gasteiger partial charge in [-0.3, -0.25) is 14.5 Å². The average Bonchev–Trinajstić information content (AvgIpc) is 2.73. The minimum Gasteiger partial charge on any atom is -0.378 e. The standard InChI is InChI=1S/C21H24N2O3/c1-16(19(24)17-8-4-2-5-9-17)22-12-14-23(15-13-22)21(26)20(25)18-10-6-3-7-11-18/h2-11,16,20,25H,12-15H2,1H3/t16?,20-/m0/s1. The van der Waals surface area contributed by atoms with Gasteiger partial charge in [-0.05, 0) is 12.5 Å². The van der Waals surface area contributed by atoms with Gasteiger partial charge in [0.25, 0.3) is 5.91 Å². The SMILES string of the molecule is CC(C(=O)c1ccccc1)N1CCN(C(=O)[C@@H](O)c2ccccc2)CC1. The number of benzene rings is 2. The molecule has 0 aromatic heterocycles. The summed E-state index contributed by atoms with van der Waals surface area (Å²) in [7, 11) is 0. The second kappa shape index (κ2) is 8.25. The van der Waals surface area contributed by atoms with Gasteiger partial charge >= 0.3 is 0 Å². The smallest absolute Gasteiger partial charge is 0.256 e. The highest BCUT2D eigenvalue weighted by molar-refractivity contribution is 5.99. The lowest BCUT2D eigenvalue weighted by Gasteiger charge is -2.38. The normalized spacial score (nSPS) is 17.5. The number of rotatable bonds is 5. The molecule has 0 bridgehead atoms. The Morgan fingerprint density at radius 1 is 0.885 bits per heavy atom. The lowest BCUT2D eigenvalue weighted by Crippen LogP contribution is -2.53. The van der Waals surface area contributed by atoms with Crippen molar-refractivity contribution in [3.63, 3.8) is 0 Å². The van der Waals surface area contributed by atoms with E-state index in [0.717, 1.165) is 0 Å². The third-order valence-electron chi connectivity index (χ3n) is 4.96. The number of Topliss-reactive ketones (excluding diaryl/α,β-unsaturated/α-hetero) is 1. The first-order valence-corrected chi connectivity index (χ1v) is 8.93. The van der Waals surface area contributed by atoms with Crippen molar-refractivity contribution in [1.29, 1.82) is 0 Å². The Bertz CT molecular complexity index is 740. The van der Waals surface area contributed by atoms with E-state index < -0.39 is 6.10 Å². The molecule has 136 valence electrons. The zero-order valence-electron chi connectivity index (χ0n) is 14.9. The summed E-state index contributed by atoms with van der Waals surface area (Å²) in [5.74, 6) is -0.187. The summed E-state index contributed by atoms with van der Waals surface area (Å²) < 4.78 is 0. The summed E-state index contributed by atoms with van der Waals surface area (Å²) in [6.45, 7) is 4.16. The molecule has 2 aromatic carbocycles. The van der Waals surface area contributed by atoms with Crippen molar-refractivity contribution in [2.24, 2.45) is 0 Å². The lowest BCUT2D eigenvalue weighted by molar-refractivity contribution is -0.142. The molecule has 1 unspecified atom stereocenters. The predicted octanol–water partition coefficient (Wildman–Crippen LogP) is 2.14. The number of ketones is 1. The Morgan fingerprint density at radius 2 is 1.42 bits per heavy atom. The molecule has 3 rings (SSSR count). The average molecular weight is 352 g/mol. The predicted molar refractivity (Wildman–Crippen MR) is 99.8 cm³/mol. The van der Waals surface area contributed by atoms with E-state index in [-0.39, 0.29) is 17.7 Å². The highest BCUT2D eigenvalue weighted by atomic mass is 16.3. The minimum atomic E-state index is -1.13. The van der Waals surface area contributed by atoms with Crippen LogP contribution in [0.4, 0.5) is 0 Å². The zero-order valence-corrected chi connectivity index (χ0v) is 14.9. The molecular formula is C21H24N2O3. The van der Waals surface area contributed by atoms with Gasteiger partial charge in [0.1, 0.15) is 0 Å². The van der Waals surface area contributed by atoms with E-state index in [1.54, 1.807) is 29.2 Å². The van der Waals surface area contributed by atoms with Crippen molar-refractivity contribution in [1.82, 2.24) is 9.80 Å². The van der Waals surface area contributed by atoms with Crippen molar-refractivity contribution < 1.29 is 14.7 Å². The van der Waals surface area contributed by atoms with Gasteiger partial charge in [0.2, 0.25) is 0 Å². The van der Waals surface area contributed by atoms with Gasteiger partial charge < -0.3 is 10.0 Å². The van der Waals surface area contributed by atoms with Gasteiger partial charge in [-0.25, -0.2) is 0 Å². The molecule has 0 spiro atoms. The van der Waals surface area contributed by atoms with Crippen molar-refractivity contribution in [3.05, 3.63) is 71.8 Å². The molecule has 0 radical (unpaired) electrons. The van der Waals surface area contributed by atoms with Gasteiger partial charge in [-0.1, -0.05) is 60.7 Å². The maximum atomic E-state index is 12.6. The Labute approximate surface area is 153 Å². The Kier molecular flexibility index (Phi) is 5.81. The van der Waals surface area contributed by atoms with Crippen LogP contribution >= 0.6 is 0 Å². The van der Waals surface area contributed by atoms with Gasteiger partial charge in [-0.15, -0.1) is 0 Å². The lowest BCUT2D eigenvalue weighted by atomic mass is 10.0. The fourth-order valence-electron chi connectivity index (χ4n) is 3.29. The van der Waals surface area contributed by atoms with Crippen LogP contribution in [-0.2, 0) is 4.79 Å². The van der Waals surface area contributed by atoms with Crippen molar-refractivity contribution >= 4 is 11.7 Å². The van der Waals surface area contributed by atoms with E-state index >= 15 is 0 Å². The Balaban J connectivity index is 1.57. The molecule has 5 nitrogen and oxygen atoms in total. The van der Waals surface area contributed by atoms with Gasteiger partial charge in [0.15, 0.2) is 11.9 Å². The van der Waals surface area contributed by atoms with Crippen LogP contribution < -0.4 is 0 Å². The number of piperazine rings is 1. The second-order valence-electron chi connectivity index (χ2n) is 6.58. The van der Waals surface area contributed by atoms with Crippen LogP contribution in [0, 0.1) is 0 Å². The number of carbonyl (C=O) groups is 2. The summed E-state index contributed by atoms with van der Waals surface area (Å²) in [5.41, 5.74) is 1.31. The molecule has 1 heterocycles. The van der Waals surface area contributed by atoms with Crippen LogP contribution in [0.25, 0.3) is 0 Å². The Hall–Kier alpha value is -2.50. The van der Waals surface area contributed by atoms with Crippen LogP contribution in [0.15, 0.2) is 60.7 Å². The molecular weight excluding hydrogens is 328 g/mol. The molecule has 2 aromatic rings. The van der Waals surface area contributed by atoms with Gasteiger partial charge in [0.05, 0.1) is 6.04 Å². The summed E-state index contributed by atoms with van der Waals surface area (Å²) in [6, 6.07) is 18.0. The molecule has 1 fully saturated rings.